The smallest absolute Gasteiger partial charge is 0.180 e. The van der Waals surface area contributed by atoms with Gasteiger partial charge in [-0.1, -0.05) is 53.9 Å². The predicted molar refractivity (Wildman–Crippen MR) is 133 cm³/mol. The Morgan fingerprint density at radius 3 is 2.55 bits per heavy atom. The molecule has 4 aliphatic rings. The molecule has 2 nitrogen and oxygen atoms in total. The van der Waals surface area contributed by atoms with Crippen LogP contribution in [0.25, 0.3) is 0 Å². The van der Waals surface area contributed by atoms with Crippen LogP contribution in [-0.4, -0.2) is 4.98 Å². The number of nitrogens with two attached hydrogens (primary N) is 1. The van der Waals surface area contributed by atoms with Crippen molar-refractivity contribution in [1.29, 1.82) is 0 Å². The van der Waals surface area contributed by atoms with Gasteiger partial charge in [-0.2, -0.15) is 0 Å². The Labute approximate surface area is 195 Å². The number of anilines is 1. The maximum atomic E-state index is 6.11. The quantitative estimate of drug-likeness (QED) is 0.506. The zero-order chi connectivity index (χ0) is 22.0. The molecular weight excluding hydrogens is 396 g/mol. The fraction of sp³-hybridized carbons (Fsp3) is 0.893. The molecule has 174 valence electrons. The van der Waals surface area contributed by atoms with Gasteiger partial charge < -0.3 is 5.73 Å². The summed E-state index contributed by atoms with van der Waals surface area (Å²) in [6.07, 6.45) is 15.6. The molecule has 0 bridgehead atoms. The molecule has 31 heavy (non-hydrogen) atoms. The lowest BCUT2D eigenvalue weighted by Gasteiger charge is -2.60. The number of thiazole rings is 1. The molecule has 2 N–H and O–H groups in total. The predicted octanol–water partition coefficient (Wildman–Crippen LogP) is 7.76. The number of rotatable bonds is 5. The van der Waals surface area contributed by atoms with Crippen LogP contribution < -0.4 is 5.73 Å². The maximum absolute atomic E-state index is 6.11. The van der Waals surface area contributed by atoms with E-state index in [9.17, 15) is 0 Å². The van der Waals surface area contributed by atoms with Crippen LogP contribution in [-0.2, 0) is 12.8 Å². The highest BCUT2D eigenvalue weighted by Gasteiger charge is 2.60. The van der Waals surface area contributed by atoms with E-state index in [0.717, 1.165) is 46.6 Å². The van der Waals surface area contributed by atoms with Crippen LogP contribution in [0.15, 0.2) is 0 Å². The van der Waals surface area contributed by atoms with Crippen LogP contribution in [0.4, 0.5) is 5.13 Å². The van der Waals surface area contributed by atoms with Crippen LogP contribution in [0.3, 0.4) is 0 Å². The van der Waals surface area contributed by atoms with Crippen LogP contribution in [0.2, 0.25) is 0 Å². The highest BCUT2D eigenvalue weighted by Crippen LogP contribution is 2.68. The first kappa shape index (κ1) is 22.2. The van der Waals surface area contributed by atoms with Gasteiger partial charge in [0.2, 0.25) is 0 Å². The van der Waals surface area contributed by atoms with E-state index in [4.69, 9.17) is 10.7 Å². The molecule has 3 saturated carbocycles. The summed E-state index contributed by atoms with van der Waals surface area (Å²) in [5.74, 6) is 6.45. The lowest BCUT2D eigenvalue weighted by Crippen LogP contribution is -2.54. The summed E-state index contributed by atoms with van der Waals surface area (Å²) in [6, 6.07) is 0. The third-order valence-electron chi connectivity index (χ3n) is 11.0. The van der Waals surface area contributed by atoms with E-state index in [1.807, 2.05) is 0 Å². The average Bonchev–Trinajstić information content (AvgIpc) is 3.23. The second-order valence-electron chi connectivity index (χ2n) is 13.0. The highest BCUT2D eigenvalue weighted by molar-refractivity contribution is 7.15. The Kier molecular flexibility index (Phi) is 5.76. The molecule has 1 aromatic rings. The molecule has 1 heterocycles. The monoisotopic (exact) mass is 442 g/mol. The fourth-order valence-corrected chi connectivity index (χ4v) is 10.5. The second-order valence-corrected chi connectivity index (χ2v) is 14.1. The zero-order valence-electron chi connectivity index (χ0n) is 20.8. The van der Waals surface area contributed by atoms with Gasteiger partial charge in [0.1, 0.15) is 0 Å². The molecule has 0 unspecified atom stereocenters. The van der Waals surface area contributed by atoms with E-state index in [0.29, 0.717) is 10.8 Å². The first-order chi connectivity index (χ1) is 14.7. The largest absolute Gasteiger partial charge is 0.375 e. The topological polar surface area (TPSA) is 38.9 Å². The second kappa shape index (κ2) is 8.03. The van der Waals surface area contributed by atoms with E-state index in [-0.39, 0.29) is 0 Å². The Hall–Kier alpha value is -0.570. The maximum Gasteiger partial charge on any atom is 0.180 e. The van der Waals surface area contributed by atoms with Crippen molar-refractivity contribution in [2.45, 2.75) is 105 Å². The van der Waals surface area contributed by atoms with E-state index < -0.39 is 0 Å². The summed E-state index contributed by atoms with van der Waals surface area (Å²) in [6.45, 7) is 12.7. The molecule has 3 fully saturated rings. The van der Waals surface area contributed by atoms with Crippen molar-refractivity contribution < 1.29 is 0 Å². The van der Waals surface area contributed by atoms with Gasteiger partial charge in [0.25, 0.3) is 0 Å². The molecule has 3 heteroatoms. The molecule has 8 atom stereocenters. The van der Waals surface area contributed by atoms with E-state index >= 15 is 0 Å². The SMILES string of the molecule is CC(C)CCC[C@@H](C)[C@@H]1CC[C@H]2[C@H]3CC[C@H]4Cc5nc(N)sc5C[C@]4(C)[C@@H]3CC[C@@]21C. The van der Waals surface area contributed by atoms with Gasteiger partial charge in [0, 0.05) is 4.88 Å². The summed E-state index contributed by atoms with van der Waals surface area (Å²) in [5.41, 5.74) is 8.55. The first-order valence-electron chi connectivity index (χ1n) is 13.5. The van der Waals surface area contributed by atoms with Gasteiger partial charge in [-0.25, -0.2) is 4.98 Å². The van der Waals surface area contributed by atoms with Crippen LogP contribution in [0, 0.1) is 52.3 Å². The molecule has 0 aliphatic heterocycles. The molecule has 4 aliphatic carbocycles. The van der Waals surface area contributed by atoms with Gasteiger partial charge in [-0.05, 0) is 104 Å². The lowest BCUT2D eigenvalue weighted by molar-refractivity contribution is -0.103. The van der Waals surface area contributed by atoms with Crippen LogP contribution >= 0.6 is 11.3 Å². The van der Waals surface area contributed by atoms with Gasteiger partial charge in [0.15, 0.2) is 5.13 Å². The summed E-state index contributed by atoms with van der Waals surface area (Å²) in [7, 11) is 0. The molecule has 0 amide bonds. The first-order valence-corrected chi connectivity index (χ1v) is 14.3. The van der Waals surface area contributed by atoms with Crippen molar-refractivity contribution in [2.24, 2.45) is 52.3 Å². The number of nitrogens with zero attached hydrogens (tertiary/aromatic N) is 1. The lowest BCUT2D eigenvalue weighted by atomic mass is 9.45. The van der Waals surface area contributed by atoms with E-state index in [1.165, 1.54) is 81.2 Å². The van der Waals surface area contributed by atoms with Crippen molar-refractivity contribution in [1.82, 2.24) is 4.98 Å². The summed E-state index contributed by atoms with van der Waals surface area (Å²) >= 11 is 1.78. The standard InChI is InChI=1S/C28H46N2S/c1-17(2)7-6-8-18(3)21-11-12-22-20-10-9-19-15-24-25(31-26(29)30-24)16-28(19,5)23(20)13-14-27(21,22)4/h17-23H,6-16H2,1-5H3,(H2,29,30)/t18-,19+,20-,21+,22+,23-,27-,28+/m1/s1. The third kappa shape index (κ3) is 3.60. The highest BCUT2D eigenvalue weighted by atomic mass is 32.1. The Balaban J connectivity index is 1.33. The molecule has 1 aromatic heterocycles. The minimum absolute atomic E-state index is 0.483. The summed E-state index contributed by atoms with van der Waals surface area (Å²) in [5, 5.41) is 0.796. The number of hydrogen-bond donors (Lipinski definition) is 1. The minimum Gasteiger partial charge on any atom is -0.375 e. The van der Waals surface area contributed by atoms with Crippen molar-refractivity contribution in [3.05, 3.63) is 10.6 Å². The third-order valence-corrected chi connectivity index (χ3v) is 12.0. The Morgan fingerprint density at radius 2 is 1.77 bits per heavy atom. The molecule has 0 saturated heterocycles. The van der Waals surface area contributed by atoms with Gasteiger partial charge in [-0.15, -0.1) is 11.3 Å². The molecular formula is C28H46N2S. The van der Waals surface area contributed by atoms with Crippen molar-refractivity contribution in [3.8, 4) is 0 Å². The van der Waals surface area contributed by atoms with Gasteiger partial charge in [0.05, 0.1) is 5.69 Å². The Bertz CT molecular complexity index is 799. The van der Waals surface area contributed by atoms with E-state index in [2.05, 4.69) is 34.6 Å². The number of fused-ring (bicyclic) bond motifs is 6. The van der Waals surface area contributed by atoms with Crippen molar-refractivity contribution in [2.75, 3.05) is 5.73 Å². The van der Waals surface area contributed by atoms with E-state index in [1.54, 1.807) is 11.3 Å². The normalized spacial score (nSPS) is 42.6. The average molecular weight is 443 g/mol. The Morgan fingerprint density at radius 1 is 1.00 bits per heavy atom. The molecule has 0 spiro atoms. The molecule has 0 aromatic carbocycles. The molecule has 0 radical (unpaired) electrons. The van der Waals surface area contributed by atoms with Gasteiger partial charge >= 0.3 is 0 Å². The van der Waals surface area contributed by atoms with Crippen molar-refractivity contribution >= 4 is 16.5 Å². The summed E-state index contributed by atoms with van der Waals surface area (Å²) < 4.78 is 0. The molecule has 5 rings (SSSR count). The number of hydrogen-bond acceptors (Lipinski definition) is 3. The van der Waals surface area contributed by atoms with Crippen LogP contribution in [0.1, 0.15) is 103 Å². The minimum atomic E-state index is 0.483. The zero-order valence-corrected chi connectivity index (χ0v) is 21.6. The fourth-order valence-electron chi connectivity index (χ4n) is 9.45. The van der Waals surface area contributed by atoms with Crippen molar-refractivity contribution in [3.63, 3.8) is 0 Å². The number of aromatic nitrogens is 1. The number of nitrogen functional groups attached to an aromatic ring is 1. The van der Waals surface area contributed by atoms with Crippen LogP contribution in [0.5, 0.6) is 0 Å². The summed E-state index contributed by atoms with van der Waals surface area (Å²) in [4.78, 5) is 6.22. The van der Waals surface area contributed by atoms with Gasteiger partial charge in [-0.3, -0.25) is 0 Å².